The Labute approximate surface area is 134 Å². The Bertz CT molecular complexity index is 388. The summed E-state index contributed by atoms with van der Waals surface area (Å²) in [4.78, 5) is 25.0. The number of esters is 1. The van der Waals surface area contributed by atoms with E-state index >= 15 is 0 Å². The minimum atomic E-state index is -0.830. The van der Waals surface area contributed by atoms with Crippen LogP contribution in [0.4, 0.5) is 0 Å². The van der Waals surface area contributed by atoms with Crippen LogP contribution in [0.25, 0.3) is 0 Å². The number of carbonyl (C=O) groups excluding carboxylic acids is 1. The fourth-order valence-electron chi connectivity index (χ4n) is 1.07. The predicted molar refractivity (Wildman–Crippen MR) is 88.9 cm³/mol. The number of carboxylic acid groups (broad SMARTS) is 1. The number of ether oxygens (including phenoxy) is 1. The van der Waals surface area contributed by atoms with Crippen LogP contribution in [0.2, 0.25) is 0 Å². The smallest absolute Gasteiger partial charge is 0.333 e. The molecule has 128 valence electrons. The zero-order chi connectivity index (χ0) is 17.7. The fourth-order valence-corrected chi connectivity index (χ4v) is 1.07. The van der Waals surface area contributed by atoms with E-state index in [0.29, 0.717) is 17.8 Å². The highest BCUT2D eigenvalue weighted by Gasteiger charge is 2.01. The molecule has 0 aliphatic rings. The summed E-state index contributed by atoms with van der Waals surface area (Å²) in [5, 5.41) is 8.47. The Balaban J connectivity index is 0. The monoisotopic (exact) mass is 314 g/mol. The van der Waals surface area contributed by atoms with Gasteiger partial charge >= 0.3 is 11.9 Å². The highest BCUT2D eigenvalue weighted by atomic mass is 16.5. The Kier molecular flexibility index (Phi) is 13.4. The number of hydrogen-bond donors (Lipinski definition) is 1. The van der Waals surface area contributed by atoms with Crippen molar-refractivity contribution in [3.8, 4) is 0 Å². The largest absolute Gasteiger partial charge is 0.478 e. The lowest BCUT2D eigenvalue weighted by Gasteiger charge is -2.09. The van der Waals surface area contributed by atoms with Crippen LogP contribution in [-0.2, 0) is 14.3 Å². The molecule has 0 amide bonds. The van der Waals surface area contributed by atoms with Crippen molar-refractivity contribution in [3.63, 3.8) is 0 Å². The minimum absolute atomic E-state index is 0.313. The molecule has 0 atom stereocenters. The zero-order valence-corrected chi connectivity index (χ0v) is 14.7. The van der Waals surface area contributed by atoms with E-state index in [1.165, 1.54) is 0 Å². The standard InChI is InChI=1S/2C8H15NO2/c1-7(2)8(10)11-6-5-9(3)4;1-7(8(10)11)5-4-6-9(2)3/h1,5-6H2,2-4H3;5H,4,6H2,1-3H3,(H,10,11). The molecule has 0 aromatic rings. The van der Waals surface area contributed by atoms with Crippen LogP contribution in [0.1, 0.15) is 20.3 Å². The summed E-state index contributed by atoms with van der Waals surface area (Å²) in [5.41, 5.74) is 0.871. The lowest BCUT2D eigenvalue weighted by molar-refractivity contribution is -0.139. The van der Waals surface area contributed by atoms with Crippen molar-refractivity contribution in [2.45, 2.75) is 20.3 Å². The summed E-state index contributed by atoms with van der Waals surface area (Å²) in [5.74, 6) is -1.14. The quantitative estimate of drug-likeness (QED) is 0.542. The zero-order valence-electron chi connectivity index (χ0n) is 14.7. The first-order valence-electron chi connectivity index (χ1n) is 7.10. The van der Waals surface area contributed by atoms with Gasteiger partial charge in [0.05, 0.1) is 0 Å². The van der Waals surface area contributed by atoms with E-state index in [2.05, 4.69) is 6.58 Å². The number of rotatable bonds is 8. The minimum Gasteiger partial charge on any atom is -0.478 e. The van der Waals surface area contributed by atoms with Crippen molar-refractivity contribution in [3.05, 3.63) is 23.8 Å². The number of carbonyl (C=O) groups is 2. The van der Waals surface area contributed by atoms with Gasteiger partial charge in [-0.1, -0.05) is 12.7 Å². The third-order valence-corrected chi connectivity index (χ3v) is 2.48. The van der Waals surface area contributed by atoms with Crippen LogP contribution in [0.5, 0.6) is 0 Å². The van der Waals surface area contributed by atoms with E-state index in [-0.39, 0.29) is 5.97 Å². The lowest BCUT2D eigenvalue weighted by atomic mass is 10.2. The van der Waals surface area contributed by atoms with Gasteiger partial charge in [0.2, 0.25) is 0 Å². The number of aliphatic carboxylic acids is 1. The Morgan fingerprint density at radius 2 is 1.59 bits per heavy atom. The average Bonchev–Trinajstić information content (AvgIpc) is 2.38. The molecule has 0 unspecified atom stereocenters. The highest BCUT2D eigenvalue weighted by molar-refractivity contribution is 5.87. The molecule has 0 aliphatic heterocycles. The van der Waals surface area contributed by atoms with Crippen molar-refractivity contribution >= 4 is 11.9 Å². The van der Waals surface area contributed by atoms with Crippen LogP contribution in [0.3, 0.4) is 0 Å². The first kappa shape index (κ1) is 22.6. The molecule has 0 aromatic heterocycles. The normalized spacial score (nSPS) is 11.0. The Hall–Kier alpha value is -1.66. The Morgan fingerprint density at radius 1 is 1.09 bits per heavy atom. The maximum Gasteiger partial charge on any atom is 0.333 e. The van der Waals surface area contributed by atoms with Gasteiger partial charge in [-0.2, -0.15) is 0 Å². The van der Waals surface area contributed by atoms with Gasteiger partial charge in [-0.05, 0) is 48.5 Å². The van der Waals surface area contributed by atoms with Crippen LogP contribution in [0.15, 0.2) is 23.8 Å². The average molecular weight is 314 g/mol. The molecule has 6 heteroatoms. The molecule has 0 fully saturated rings. The summed E-state index contributed by atoms with van der Waals surface area (Å²) < 4.78 is 4.83. The van der Waals surface area contributed by atoms with Gasteiger partial charge in [0.25, 0.3) is 0 Å². The SMILES string of the molecule is C=C(C)C(=O)OCCN(C)C.CC(=CCCN(C)C)C(=O)O. The van der Waals surface area contributed by atoms with Gasteiger partial charge in [0, 0.05) is 24.2 Å². The van der Waals surface area contributed by atoms with Gasteiger partial charge < -0.3 is 19.6 Å². The molecule has 0 heterocycles. The summed E-state index contributed by atoms with van der Waals surface area (Å²) in [6.07, 6.45) is 2.54. The summed E-state index contributed by atoms with van der Waals surface area (Å²) in [6, 6.07) is 0. The molecular formula is C16H30N2O4. The lowest BCUT2D eigenvalue weighted by Crippen LogP contribution is -2.20. The maximum absolute atomic E-state index is 10.8. The molecule has 1 N–H and O–H groups in total. The fraction of sp³-hybridized carbons (Fsp3) is 0.625. The summed E-state index contributed by atoms with van der Waals surface area (Å²) >= 11 is 0. The van der Waals surface area contributed by atoms with Gasteiger partial charge in [-0.25, -0.2) is 9.59 Å². The molecule has 6 nitrogen and oxygen atoms in total. The van der Waals surface area contributed by atoms with Crippen LogP contribution in [-0.4, -0.2) is 74.7 Å². The molecule has 0 saturated heterocycles. The number of hydrogen-bond acceptors (Lipinski definition) is 5. The van der Waals surface area contributed by atoms with E-state index in [1.807, 2.05) is 38.0 Å². The second-order valence-corrected chi connectivity index (χ2v) is 5.50. The van der Waals surface area contributed by atoms with E-state index in [1.54, 1.807) is 19.9 Å². The molecule has 0 saturated carbocycles. The van der Waals surface area contributed by atoms with Crippen molar-refractivity contribution in [1.29, 1.82) is 0 Å². The van der Waals surface area contributed by atoms with Crippen molar-refractivity contribution < 1.29 is 19.4 Å². The third kappa shape index (κ3) is 16.4. The molecule has 0 radical (unpaired) electrons. The molecule has 0 rings (SSSR count). The van der Waals surface area contributed by atoms with Crippen LogP contribution >= 0.6 is 0 Å². The second-order valence-electron chi connectivity index (χ2n) is 5.50. The van der Waals surface area contributed by atoms with Crippen molar-refractivity contribution in [2.75, 3.05) is 47.9 Å². The number of nitrogens with zero attached hydrogens (tertiary/aromatic N) is 2. The molecule has 0 aliphatic carbocycles. The summed E-state index contributed by atoms with van der Waals surface area (Å²) in [7, 11) is 7.77. The molecule has 0 aromatic carbocycles. The van der Waals surface area contributed by atoms with E-state index in [4.69, 9.17) is 9.84 Å². The molecule has 22 heavy (non-hydrogen) atoms. The summed E-state index contributed by atoms with van der Waals surface area (Å²) in [6.45, 7) is 8.78. The van der Waals surface area contributed by atoms with Gasteiger partial charge in [-0.15, -0.1) is 0 Å². The first-order valence-corrected chi connectivity index (χ1v) is 7.10. The predicted octanol–water partition coefficient (Wildman–Crippen LogP) is 1.64. The van der Waals surface area contributed by atoms with Crippen molar-refractivity contribution in [1.82, 2.24) is 9.80 Å². The molecule has 0 bridgehead atoms. The number of carboxylic acids is 1. The molecule has 0 spiro atoms. The number of likely N-dealkylation sites (N-methyl/N-ethyl adjacent to an activating group) is 1. The van der Waals surface area contributed by atoms with E-state index < -0.39 is 5.97 Å². The van der Waals surface area contributed by atoms with E-state index in [0.717, 1.165) is 19.5 Å². The van der Waals surface area contributed by atoms with Gasteiger partial charge in [-0.3, -0.25) is 0 Å². The van der Waals surface area contributed by atoms with Crippen LogP contribution < -0.4 is 0 Å². The maximum atomic E-state index is 10.8. The highest BCUT2D eigenvalue weighted by Crippen LogP contribution is 1.95. The molecular weight excluding hydrogens is 284 g/mol. The second kappa shape index (κ2) is 13.0. The van der Waals surface area contributed by atoms with E-state index in [9.17, 15) is 9.59 Å². The first-order chi connectivity index (χ1) is 10.1. The van der Waals surface area contributed by atoms with Crippen molar-refractivity contribution in [2.24, 2.45) is 0 Å². The topological polar surface area (TPSA) is 70.1 Å². The van der Waals surface area contributed by atoms with Crippen LogP contribution in [0, 0.1) is 0 Å². The van der Waals surface area contributed by atoms with Gasteiger partial charge in [0.1, 0.15) is 6.61 Å². The Morgan fingerprint density at radius 3 is 1.95 bits per heavy atom. The third-order valence-electron chi connectivity index (χ3n) is 2.48. The van der Waals surface area contributed by atoms with Gasteiger partial charge in [0.15, 0.2) is 0 Å².